The van der Waals surface area contributed by atoms with E-state index in [0.29, 0.717) is 10.6 Å². The number of carbonyl (C=O) groups excluding carboxylic acids is 1. The number of hydrogen-bond acceptors (Lipinski definition) is 6. The Balaban J connectivity index is 1.65. The van der Waals surface area contributed by atoms with E-state index in [1.165, 1.54) is 49.6 Å². The van der Waals surface area contributed by atoms with Crippen LogP contribution < -0.4 is 19.9 Å². The number of methoxy groups -OCH3 is 1. The summed E-state index contributed by atoms with van der Waals surface area (Å²) in [6.07, 6.45) is -3.79. The molecule has 2 N–H and O–H groups in total. The lowest BCUT2D eigenvalue weighted by atomic mass is 10.0. The molecule has 1 fully saturated rings. The zero-order valence-electron chi connectivity index (χ0n) is 19.6. The van der Waals surface area contributed by atoms with Crippen molar-refractivity contribution in [2.45, 2.75) is 23.7 Å². The lowest BCUT2D eigenvalue weighted by Crippen LogP contribution is -2.44. The minimum absolute atomic E-state index is 0.0235. The lowest BCUT2D eigenvalue weighted by Gasteiger charge is -2.19. The number of nitrogens with one attached hydrogen (secondary N) is 1. The summed E-state index contributed by atoms with van der Waals surface area (Å²) in [5.74, 6) is -0.960. The van der Waals surface area contributed by atoms with E-state index in [0.717, 1.165) is 30.3 Å². The van der Waals surface area contributed by atoms with Crippen molar-refractivity contribution in [3.05, 3.63) is 89.2 Å². The van der Waals surface area contributed by atoms with Crippen molar-refractivity contribution >= 4 is 27.8 Å². The quantitative estimate of drug-likeness (QED) is 0.252. The molecule has 1 saturated heterocycles. The fourth-order valence-electron chi connectivity index (χ4n) is 3.68. The van der Waals surface area contributed by atoms with Gasteiger partial charge in [-0.25, -0.2) is 14.8 Å². The van der Waals surface area contributed by atoms with Crippen molar-refractivity contribution in [2.24, 2.45) is 0 Å². The summed E-state index contributed by atoms with van der Waals surface area (Å²) >= 11 is 0. The molecule has 0 saturated carbocycles. The van der Waals surface area contributed by atoms with Crippen LogP contribution in [0.4, 0.5) is 23.2 Å². The highest BCUT2D eigenvalue weighted by Crippen LogP contribution is 2.36. The number of hydrogen-bond donors (Lipinski definition) is 2. The Labute approximate surface area is 214 Å². The van der Waals surface area contributed by atoms with Crippen LogP contribution in [-0.2, 0) is 21.5 Å². The van der Waals surface area contributed by atoms with Gasteiger partial charge in [0.05, 0.1) is 17.7 Å². The Hall–Kier alpha value is -3.94. The summed E-state index contributed by atoms with van der Waals surface area (Å²) in [7, 11) is -3.15. The van der Waals surface area contributed by atoms with Gasteiger partial charge in [0.1, 0.15) is 12.4 Å². The predicted octanol–water partition coefficient (Wildman–Crippen LogP) is 4.53. The van der Waals surface area contributed by atoms with E-state index < -0.39 is 44.5 Å². The van der Waals surface area contributed by atoms with E-state index in [1.54, 1.807) is 0 Å². The SMILES string of the molecule is COc1ccc(/C=C2\C(=O)N(c3ccc(S(=O)(=O)O)cc3)NC2C(F)(F)F)cc1OCc1ccc(F)cc1. The van der Waals surface area contributed by atoms with Gasteiger partial charge in [0.2, 0.25) is 0 Å². The van der Waals surface area contributed by atoms with Crippen molar-refractivity contribution in [2.75, 3.05) is 12.1 Å². The highest BCUT2D eigenvalue weighted by Gasteiger charge is 2.51. The third-order valence-corrected chi connectivity index (χ3v) is 6.42. The number of anilines is 1. The molecule has 1 aliphatic rings. The summed E-state index contributed by atoms with van der Waals surface area (Å²) in [4.78, 5) is 12.6. The summed E-state index contributed by atoms with van der Waals surface area (Å²) in [5, 5.41) is 0.646. The lowest BCUT2D eigenvalue weighted by molar-refractivity contribution is -0.144. The molecular formula is C25H20F4N2O6S. The minimum atomic E-state index is -4.85. The standard InChI is InChI=1S/C25H20F4N2O6S/c1-36-21-11-4-16(13-22(21)37-14-15-2-5-17(26)6-3-15)12-20-23(25(27,28)29)30-31(24(20)32)18-7-9-19(10-8-18)38(33,34)35/h2-13,23,30H,14H2,1H3,(H,33,34,35)/b20-12-. The Bertz CT molecular complexity index is 1470. The second-order valence-corrected chi connectivity index (χ2v) is 9.56. The van der Waals surface area contributed by atoms with Crippen LogP contribution in [0, 0.1) is 5.82 Å². The van der Waals surface area contributed by atoms with E-state index in [9.17, 15) is 30.8 Å². The number of rotatable bonds is 7. The van der Waals surface area contributed by atoms with E-state index in [-0.39, 0.29) is 29.4 Å². The second kappa shape index (κ2) is 10.4. The monoisotopic (exact) mass is 552 g/mol. The van der Waals surface area contributed by atoms with Crippen LogP contribution in [0.1, 0.15) is 11.1 Å². The Morgan fingerprint density at radius 3 is 2.26 bits per heavy atom. The minimum Gasteiger partial charge on any atom is -0.493 e. The van der Waals surface area contributed by atoms with Gasteiger partial charge >= 0.3 is 6.18 Å². The largest absolute Gasteiger partial charge is 0.493 e. The topological polar surface area (TPSA) is 105 Å². The molecule has 13 heteroatoms. The van der Waals surface area contributed by atoms with Crippen LogP contribution in [-0.4, -0.2) is 38.2 Å². The van der Waals surface area contributed by atoms with Gasteiger partial charge in [-0.05, 0) is 65.7 Å². The van der Waals surface area contributed by atoms with Gasteiger partial charge in [0, 0.05) is 5.57 Å². The van der Waals surface area contributed by atoms with Crippen LogP contribution in [0.3, 0.4) is 0 Å². The number of ether oxygens (including phenoxy) is 2. The summed E-state index contributed by atoms with van der Waals surface area (Å²) in [6, 6.07) is 11.6. The van der Waals surface area contributed by atoms with Crippen molar-refractivity contribution < 1.29 is 44.8 Å². The molecule has 38 heavy (non-hydrogen) atoms. The Morgan fingerprint density at radius 2 is 1.68 bits per heavy atom. The first-order chi connectivity index (χ1) is 17.9. The summed E-state index contributed by atoms with van der Waals surface area (Å²) < 4.78 is 97.3. The van der Waals surface area contributed by atoms with Crippen molar-refractivity contribution in [1.82, 2.24) is 5.43 Å². The van der Waals surface area contributed by atoms with Gasteiger partial charge in [0.15, 0.2) is 17.5 Å². The van der Waals surface area contributed by atoms with Gasteiger partial charge in [0.25, 0.3) is 16.0 Å². The van der Waals surface area contributed by atoms with Crippen LogP contribution in [0.25, 0.3) is 6.08 Å². The first kappa shape index (κ1) is 27.1. The van der Waals surface area contributed by atoms with E-state index in [1.807, 2.05) is 0 Å². The molecule has 1 amide bonds. The predicted molar refractivity (Wildman–Crippen MR) is 128 cm³/mol. The second-order valence-electron chi connectivity index (χ2n) is 8.14. The van der Waals surface area contributed by atoms with Crippen molar-refractivity contribution in [1.29, 1.82) is 0 Å². The number of halogens is 4. The van der Waals surface area contributed by atoms with Crippen LogP contribution in [0.5, 0.6) is 11.5 Å². The molecule has 3 aromatic carbocycles. The van der Waals surface area contributed by atoms with Crippen molar-refractivity contribution in [3.8, 4) is 11.5 Å². The Morgan fingerprint density at radius 1 is 1.03 bits per heavy atom. The molecule has 8 nitrogen and oxygen atoms in total. The van der Waals surface area contributed by atoms with Crippen molar-refractivity contribution in [3.63, 3.8) is 0 Å². The summed E-state index contributed by atoms with van der Waals surface area (Å²) in [5.41, 5.74) is 2.27. The smallest absolute Gasteiger partial charge is 0.409 e. The first-order valence-electron chi connectivity index (χ1n) is 10.9. The maximum atomic E-state index is 13.9. The van der Waals surface area contributed by atoms with E-state index >= 15 is 0 Å². The van der Waals surface area contributed by atoms with Gasteiger partial charge in [-0.2, -0.15) is 21.6 Å². The van der Waals surface area contributed by atoms with Gasteiger partial charge in [-0.15, -0.1) is 0 Å². The van der Waals surface area contributed by atoms with Crippen LogP contribution >= 0.6 is 0 Å². The molecule has 0 spiro atoms. The molecule has 0 aromatic heterocycles. The number of benzene rings is 3. The molecule has 0 aliphatic carbocycles. The Kier molecular flexibility index (Phi) is 7.44. The average Bonchev–Trinajstić information content (AvgIpc) is 3.19. The third kappa shape index (κ3) is 5.96. The molecule has 0 radical (unpaired) electrons. The third-order valence-electron chi connectivity index (χ3n) is 5.56. The van der Waals surface area contributed by atoms with Crippen LogP contribution in [0.15, 0.2) is 77.2 Å². The zero-order chi connectivity index (χ0) is 27.7. The molecule has 200 valence electrons. The molecule has 3 aromatic rings. The molecular weight excluding hydrogens is 532 g/mol. The highest BCUT2D eigenvalue weighted by atomic mass is 32.2. The molecule has 1 atom stereocenters. The fraction of sp³-hybridized carbons (Fsp3) is 0.160. The zero-order valence-corrected chi connectivity index (χ0v) is 20.4. The van der Waals surface area contributed by atoms with E-state index in [2.05, 4.69) is 5.43 Å². The number of hydrazine groups is 1. The van der Waals surface area contributed by atoms with E-state index in [4.69, 9.17) is 14.0 Å². The number of amides is 1. The molecule has 1 unspecified atom stereocenters. The number of alkyl halides is 3. The highest BCUT2D eigenvalue weighted by molar-refractivity contribution is 7.85. The maximum Gasteiger partial charge on any atom is 0.409 e. The van der Waals surface area contributed by atoms with Gasteiger partial charge in [-0.1, -0.05) is 18.2 Å². The molecule has 4 rings (SSSR count). The fourth-order valence-corrected chi connectivity index (χ4v) is 4.16. The average molecular weight is 553 g/mol. The van der Waals surface area contributed by atoms with Crippen LogP contribution in [0.2, 0.25) is 0 Å². The van der Waals surface area contributed by atoms with Gasteiger partial charge in [-0.3, -0.25) is 9.35 Å². The molecule has 0 bridgehead atoms. The first-order valence-corrected chi connectivity index (χ1v) is 12.3. The molecule has 1 heterocycles. The number of nitrogens with zero attached hydrogens (tertiary/aromatic N) is 1. The maximum absolute atomic E-state index is 13.9. The molecule has 1 aliphatic heterocycles. The number of carbonyl (C=O) groups is 1. The van der Waals surface area contributed by atoms with Gasteiger partial charge < -0.3 is 9.47 Å². The normalized spacial score (nSPS) is 17.2. The summed E-state index contributed by atoms with van der Waals surface area (Å²) in [6.45, 7) is 0.0235.